The number of ether oxygens (including phenoxy) is 1. The fourth-order valence-electron chi connectivity index (χ4n) is 5.54. The Kier molecular flexibility index (Phi) is 4.50. The van der Waals surface area contributed by atoms with Crippen LogP contribution in [0.5, 0.6) is 0 Å². The van der Waals surface area contributed by atoms with Crippen molar-refractivity contribution >= 4 is 12.0 Å². The van der Waals surface area contributed by atoms with Gasteiger partial charge in [0, 0.05) is 18.6 Å². The molecule has 3 nitrogen and oxygen atoms in total. The Hall–Kier alpha value is -2.53. The number of methoxy groups -OCH3 is 1. The van der Waals surface area contributed by atoms with Gasteiger partial charge in [-0.1, -0.05) is 42.0 Å². The van der Waals surface area contributed by atoms with E-state index in [0.717, 1.165) is 36.6 Å². The lowest BCUT2D eigenvalue weighted by Gasteiger charge is -2.50. The Balaban J connectivity index is 1.42. The molecule has 29 heavy (non-hydrogen) atoms. The molecule has 0 spiro atoms. The number of carbonyl (C=O) groups is 1. The maximum absolute atomic E-state index is 13.5. The number of carbonyl (C=O) groups excluding carboxylic acids is 1. The first-order valence-corrected chi connectivity index (χ1v) is 10.1. The third kappa shape index (κ3) is 3.08. The van der Waals surface area contributed by atoms with Crippen molar-refractivity contribution in [1.29, 1.82) is 0 Å². The number of nitrogens with zero attached hydrogens (tertiary/aromatic N) is 1. The average Bonchev–Trinajstić information content (AvgIpc) is 3.04. The van der Waals surface area contributed by atoms with Crippen molar-refractivity contribution in [2.24, 2.45) is 11.8 Å². The second-order valence-electron chi connectivity index (χ2n) is 8.33. The minimum Gasteiger partial charge on any atom is -0.469 e. The second kappa shape index (κ2) is 7.06. The number of halogens is 2. The quantitative estimate of drug-likeness (QED) is 0.708. The van der Waals surface area contributed by atoms with Crippen LogP contribution in [-0.4, -0.2) is 36.6 Å². The first-order chi connectivity index (χ1) is 14.0. The number of fused-ring (bicyclic) bond motifs is 1. The number of benzene rings is 2. The Morgan fingerprint density at radius 2 is 1.83 bits per heavy atom. The van der Waals surface area contributed by atoms with E-state index in [9.17, 15) is 13.6 Å². The van der Waals surface area contributed by atoms with Crippen molar-refractivity contribution in [2.45, 2.75) is 31.3 Å². The minimum absolute atomic E-state index is 0.0692. The van der Waals surface area contributed by atoms with Crippen molar-refractivity contribution < 1.29 is 18.3 Å². The largest absolute Gasteiger partial charge is 0.469 e. The van der Waals surface area contributed by atoms with Gasteiger partial charge in [0.15, 0.2) is 11.6 Å². The van der Waals surface area contributed by atoms with Gasteiger partial charge in [-0.25, -0.2) is 8.78 Å². The molecule has 4 aliphatic rings. The molecule has 2 aromatic rings. The highest BCUT2D eigenvalue weighted by Gasteiger charge is 2.55. The molecule has 0 radical (unpaired) electrons. The van der Waals surface area contributed by atoms with Gasteiger partial charge in [-0.05, 0) is 54.0 Å². The lowest BCUT2D eigenvalue weighted by atomic mass is 9.71. The van der Waals surface area contributed by atoms with Gasteiger partial charge in [0.2, 0.25) is 0 Å². The average molecular weight is 395 g/mol. The zero-order valence-electron chi connectivity index (χ0n) is 16.3. The van der Waals surface area contributed by atoms with Gasteiger partial charge in [0.05, 0.1) is 13.0 Å². The van der Waals surface area contributed by atoms with Crippen LogP contribution in [-0.2, 0) is 9.53 Å². The van der Waals surface area contributed by atoms with E-state index in [0.29, 0.717) is 17.6 Å². The highest BCUT2D eigenvalue weighted by molar-refractivity contribution is 5.76. The highest BCUT2D eigenvalue weighted by atomic mass is 19.2. The van der Waals surface area contributed by atoms with Crippen molar-refractivity contribution in [3.63, 3.8) is 0 Å². The summed E-state index contributed by atoms with van der Waals surface area (Å²) in [5.74, 6) is -1.60. The number of esters is 1. The van der Waals surface area contributed by atoms with E-state index in [1.165, 1.54) is 25.2 Å². The molecule has 0 saturated carbocycles. The summed E-state index contributed by atoms with van der Waals surface area (Å²) in [5, 5.41) is 0. The third-order valence-corrected chi connectivity index (χ3v) is 6.90. The normalized spacial score (nSPS) is 31.3. The van der Waals surface area contributed by atoms with Crippen LogP contribution in [0.1, 0.15) is 24.8 Å². The molecular formula is C24H23F2NO2. The highest BCUT2D eigenvalue weighted by Crippen LogP contribution is 2.50. The summed E-state index contributed by atoms with van der Waals surface area (Å²) in [6, 6.07) is 12.7. The molecule has 4 bridgehead atoms. The summed E-state index contributed by atoms with van der Waals surface area (Å²) in [7, 11) is 1.48. The Bertz CT molecular complexity index is 985. The maximum atomic E-state index is 13.5. The van der Waals surface area contributed by atoms with E-state index in [4.69, 9.17) is 4.74 Å². The Labute approximate surface area is 169 Å². The van der Waals surface area contributed by atoms with Gasteiger partial charge in [-0.15, -0.1) is 0 Å². The SMILES string of the molecule is COC(=O)C1C2CC[C@@H]3C[C@@H]1/C(=C/c1ccc(-c4ccc(F)c(F)c4)cc1)CN23. The van der Waals surface area contributed by atoms with Gasteiger partial charge >= 0.3 is 5.97 Å². The molecule has 0 amide bonds. The third-order valence-electron chi connectivity index (χ3n) is 6.90. The molecule has 150 valence electrons. The fraction of sp³-hybridized carbons (Fsp3) is 0.375. The molecule has 0 aromatic heterocycles. The van der Waals surface area contributed by atoms with E-state index < -0.39 is 11.6 Å². The number of piperidine rings is 3. The van der Waals surface area contributed by atoms with Gasteiger partial charge in [0.25, 0.3) is 0 Å². The predicted molar refractivity (Wildman–Crippen MR) is 107 cm³/mol. The van der Waals surface area contributed by atoms with Crippen molar-refractivity contribution in [1.82, 2.24) is 4.90 Å². The summed E-state index contributed by atoms with van der Waals surface area (Å²) < 4.78 is 31.8. The van der Waals surface area contributed by atoms with Crippen LogP contribution in [0.2, 0.25) is 0 Å². The lowest BCUT2D eigenvalue weighted by molar-refractivity contribution is -0.153. The monoisotopic (exact) mass is 395 g/mol. The smallest absolute Gasteiger partial charge is 0.310 e. The molecule has 4 fully saturated rings. The van der Waals surface area contributed by atoms with Gasteiger partial charge in [0.1, 0.15) is 0 Å². The zero-order valence-corrected chi connectivity index (χ0v) is 16.3. The van der Waals surface area contributed by atoms with Crippen molar-refractivity contribution in [3.8, 4) is 11.1 Å². The predicted octanol–water partition coefficient (Wildman–Crippen LogP) is 4.67. The van der Waals surface area contributed by atoms with Crippen LogP contribution in [0.3, 0.4) is 0 Å². The number of hydrogen-bond acceptors (Lipinski definition) is 3. The van der Waals surface area contributed by atoms with Crippen LogP contribution < -0.4 is 0 Å². The zero-order chi connectivity index (χ0) is 20.1. The minimum atomic E-state index is -0.843. The summed E-state index contributed by atoms with van der Waals surface area (Å²) in [6.45, 7) is 0.915. The molecule has 2 aromatic carbocycles. The number of hydrogen-bond donors (Lipinski definition) is 0. The van der Waals surface area contributed by atoms with Gasteiger partial charge < -0.3 is 4.74 Å². The molecule has 5 heteroatoms. The summed E-state index contributed by atoms with van der Waals surface area (Å²) >= 11 is 0. The Morgan fingerprint density at radius 3 is 2.55 bits per heavy atom. The van der Waals surface area contributed by atoms with Crippen LogP contribution >= 0.6 is 0 Å². The van der Waals surface area contributed by atoms with Crippen molar-refractivity contribution in [3.05, 3.63) is 65.2 Å². The van der Waals surface area contributed by atoms with Gasteiger partial charge in [-0.2, -0.15) is 0 Å². The standard InChI is InChI=1S/C24H23F2NO2/c1-29-24(28)23-19-12-18-7-9-22(23)27(18)13-17(19)10-14-2-4-15(5-3-14)16-6-8-20(25)21(26)11-16/h2-6,8,10-11,18-19,22-23H,7,9,12-13H2,1H3/b17-10+/t18-,19-,22?,23?/m1/s1. The van der Waals surface area contributed by atoms with Crippen LogP contribution in [0.15, 0.2) is 48.0 Å². The van der Waals surface area contributed by atoms with E-state index in [1.807, 2.05) is 24.3 Å². The van der Waals surface area contributed by atoms with Crippen molar-refractivity contribution in [2.75, 3.05) is 13.7 Å². The first kappa shape index (κ1) is 18.5. The second-order valence-corrected chi connectivity index (χ2v) is 8.33. The summed E-state index contributed by atoms with van der Waals surface area (Å²) in [6.07, 6.45) is 5.46. The molecule has 3 unspecified atom stereocenters. The molecule has 5 atom stereocenters. The summed E-state index contributed by atoms with van der Waals surface area (Å²) in [5.41, 5.74) is 3.82. The molecule has 4 heterocycles. The number of rotatable bonds is 3. The van der Waals surface area contributed by atoms with E-state index in [2.05, 4.69) is 11.0 Å². The van der Waals surface area contributed by atoms with Gasteiger partial charge in [-0.3, -0.25) is 9.69 Å². The van der Waals surface area contributed by atoms with Crippen LogP contribution in [0.4, 0.5) is 8.78 Å². The fourth-order valence-corrected chi connectivity index (χ4v) is 5.54. The molecule has 4 aliphatic heterocycles. The topological polar surface area (TPSA) is 29.5 Å². The van der Waals surface area contributed by atoms with E-state index >= 15 is 0 Å². The Morgan fingerprint density at radius 1 is 1.07 bits per heavy atom. The van der Waals surface area contributed by atoms with Crippen LogP contribution in [0.25, 0.3) is 17.2 Å². The molecule has 6 rings (SSSR count). The lowest BCUT2D eigenvalue weighted by Crippen LogP contribution is -2.58. The van der Waals surface area contributed by atoms with E-state index in [-0.39, 0.29) is 17.8 Å². The molecule has 4 saturated heterocycles. The van der Waals surface area contributed by atoms with E-state index in [1.54, 1.807) is 6.07 Å². The molecule has 0 N–H and O–H groups in total. The molecule has 0 aliphatic carbocycles. The maximum Gasteiger partial charge on any atom is 0.310 e. The first-order valence-electron chi connectivity index (χ1n) is 10.1. The summed E-state index contributed by atoms with van der Waals surface area (Å²) in [4.78, 5) is 15.0. The van der Waals surface area contributed by atoms with Crippen LogP contribution in [0, 0.1) is 23.5 Å². The molecular weight excluding hydrogens is 372 g/mol.